The van der Waals surface area contributed by atoms with Crippen LogP contribution in [0.25, 0.3) is 0 Å². The molecule has 0 heterocycles. The van der Waals surface area contributed by atoms with Gasteiger partial charge < -0.3 is 5.32 Å². The van der Waals surface area contributed by atoms with Gasteiger partial charge in [0.2, 0.25) is 0 Å². The van der Waals surface area contributed by atoms with E-state index < -0.39 is 0 Å². The average molecular weight is 139 g/mol. The molecule has 1 saturated carbocycles. The molecule has 0 amide bonds. The highest BCUT2D eigenvalue weighted by Crippen LogP contribution is 2.36. The zero-order valence-electron chi connectivity index (χ0n) is 6.98. The van der Waals surface area contributed by atoms with E-state index in [9.17, 15) is 0 Å². The molecule has 0 atom stereocenters. The highest BCUT2D eigenvalue weighted by molar-refractivity contribution is 5.16. The minimum Gasteiger partial charge on any atom is -0.311 e. The maximum Gasteiger partial charge on any atom is 0.0363 e. The first kappa shape index (κ1) is 7.80. The molecular weight excluding hydrogens is 122 g/mol. The smallest absolute Gasteiger partial charge is 0.0363 e. The van der Waals surface area contributed by atoms with Crippen LogP contribution in [0.1, 0.15) is 32.6 Å². The quantitative estimate of drug-likeness (QED) is 0.588. The number of rotatable bonds is 4. The van der Waals surface area contributed by atoms with E-state index in [4.69, 9.17) is 0 Å². The van der Waals surface area contributed by atoms with Gasteiger partial charge in [0.05, 0.1) is 0 Å². The lowest BCUT2D eigenvalue weighted by Crippen LogP contribution is -2.23. The van der Waals surface area contributed by atoms with Gasteiger partial charge in [-0.05, 0) is 26.3 Å². The van der Waals surface area contributed by atoms with Crippen molar-refractivity contribution in [1.82, 2.24) is 5.32 Å². The van der Waals surface area contributed by atoms with Crippen molar-refractivity contribution in [2.45, 2.75) is 38.1 Å². The van der Waals surface area contributed by atoms with E-state index in [1.165, 1.54) is 25.7 Å². The number of hydrogen-bond acceptors (Lipinski definition) is 1. The number of likely N-dealkylation sites (N-methyl/N-ethyl adjacent to an activating group) is 1. The average Bonchev–Trinajstić information content (AvgIpc) is 2.70. The van der Waals surface area contributed by atoms with Crippen molar-refractivity contribution in [3.63, 3.8) is 0 Å². The summed E-state index contributed by atoms with van der Waals surface area (Å²) in [4.78, 5) is 0. The van der Waals surface area contributed by atoms with Gasteiger partial charge in [-0.15, -0.1) is 0 Å². The molecule has 0 aliphatic heterocycles. The summed E-state index contributed by atoms with van der Waals surface area (Å²) in [5, 5.41) is 3.32. The van der Waals surface area contributed by atoms with E-state index in [0.29, 0.717) is 5.54 Å². The third-order valence-corrected chi connectivity index (χ3v) is 2.18. The van der Waals surface area contributed by atoms with Crippen LogP contribution in [0, 0.1) is 0 Å². The summed E-state index contributed by atoms with van der Waals surface area (Å²) in [6, 6.07) is 0. The van der Waals surface area contributed by atoms with Gasteiger partial charge in [0.15, 0.2) is 0 Å². The first-order chi connectivity index (χ1) is 4.83. The second kappa shape index (κ2) is 3.20. The van der Waals surface area contributed by atoms with E-state index in [-0.39, 0.29) is 0 Å². The lowest BCUT2D eigenvalue weighted by atomic mass is 10.2. The van der Waals surface area contributed by atoms with E-state index in [1.54, 1.807) is 0 Å². The fourth-order valence-corrected chi connectivity index (χ4v) is 1.11. The number of hydrogen-bond donors (Lipinski definition) is 1. The lowest BCUT2D eigenvalue weighted by Gasteiger charge is -2.05. The van der Waals surface area contributed by atoms with Gasteiger partial charge in [-0.2, -0.15) is 0 Å². The van der Waals surface area contributed by atoms with Crippen LogP contribution in [0.5, 0.6) is 0 Å². The van der Waals surface area contributed by atoms with Crippen LogP contribution >= 0.6 is 0 Å². The zero-order chi connectivity index (χ0) is 7.45. The Morgan fingerprint density at radius 2 is 2.20 bits per heavy atom. The maximum absolute atomic E-state index is 3.32. The largest absolute Gasteiger partial charge is 0.311 e. The summed E-state index contributed by atoms with van der Waals surface area (Å²) in [5.41, 5.74) is 0.412. The van der Waals surface area contributed by atoms with Gasteiger partial charge in [-0.1, -0.05) is 25.5 Å². The molecule has 0 saturated heterocycles. The monoisotopic (exact) mass is 139 g/mol. The van der Waals surface area contributed by atoms with Crippen molar-refractivity contribution in [1.29, 1.82) is 0 Å². The molecule has 0 spiro atoms. The minimum atomic E-state index is 0.412. The molecule has 1 rings (SSSR count). The Labute approximate surface area is 63.5 Å². The Bertz CT molecular complexity index is 123. The molecule has 0 bridgehead atoms. The minimum absolute atomic E-state index is 0.412. The molecule has 1 fully saturated rings. The molecule has 1 nitrogen and oxygen atoms in total. The molecule has 1 aliphatic rings. The van der Waals surface area contributed by atoms with E-state index in [2.05, 4.69) is 24.4 Å². The van der Waals surface area contributed by atoms with Gasteiger partial charge in [0.25, 0.3) is 0 Å². The Morgan fingerprint density at radius 1 is 1.50 bits per heavy atom. The van der Waals surface area contributed by atoms with Crippen molar-refractivity contribution >= 4 is 0 Å². The summed E-state index contributed by atoms with van der Waals surface area (Å²) in [6.07, 6.45) is 9.76. The summed E-state index contributed by atoms with van der Waals surface area (Å²) < 4.78 is 0. The SMILES string of the molecule is CCC/C=C/C1(NC)CC1. The standard InChI is InChI=1S/C9H17N/c1-3-4-5-6-9(10-2)7-8-9/h5-6,10H,3-4,7-8H2,1-2H3/b6-5+. The normalized spacial score (nSPS) is 21.8. The van der Waals surface area contributed by atoms with Gasteiger partial charge >= 0.3 is 0 Å². The molecule has 0 aromatic rings. The number of allylic oxidation sites excluding steroid dienone is 1. The van der Waals surface area contributed by atoms with Crippen LogP contribution in [-0.4, -0.2) is 12.6 Å². The highest BCUT2D eigenvalue weighted by atomic mass is 15.0. The van der Waals surface area contributed by atoms with Gasteiger partial charge in [-0.3, -0.25) is 0 Å². The third kappa shape index (κ3) is 1.84. The van der Waals surface area contributed by atoms with Crippen LogP contribution in [-0.2, 0) is 0 Å². The fourth-order valence-electron chi connectivity index (χ4n) is 1.11. The number of unbranched alkanes of at least 4 members (excludes halogenated alkanes) is 1. The van der Waals surface area contributed by atoms with Crippen molar-refractivity contribution < 1.29 is 0 Å². The Kier molecular flexibility index (Phi) is 2.50. The highest BCUT2D eigenvalue weighted by Gasteiger charge is 2.37. The molecular formula is C9H17N. The Balaban J connectivity index is 2.23. The second-order valence-electron chi connectivity index (χ2n) is 3.10. The lowest BCUT2D eigenvalue weighted by molar-refractivity contribution is 0.667. The zero-order valence-corrected chi connectivity index (χ0v) is 6.98. The van der Waals surface area contributed by atoms with Crippen LogP contribution in [0.3, 0.4) is 0 Å². The van der Waals surface area contributed by atoms with Crippen molar-refractivity contribution in [2.75, 3.05) is 7.05 Å². The van der Waals surface area contributed by atoms with Crippen LogP contribution in [0.4, 0.5) is 0 Å². The maximum atomic E-state index is 3.32. The molecule has 10 heavy (non-hydrogen) atoms. The van der Waals surface area contributed by atoms with Crippen LogP contribution < -0.4 is 5.32 Å². The van der Waals surface area contributed by atoms with Crippen molar-refractivity contribution in [2.24, 2.45) is 0 Å². The number of nitrogens with one attached hydrogen (secondary N) is 1. The molecule has 1 heteroatoms. The molecule has 1 N–H and O–H groups in total. The van der Waals surface area contributed by atoms with Gasteiger partial charge in [-0.25, -0.2) is 0 Å². The molecule has 0 aromatic heterocycles. The van der Waals surface area contributed by atoms with Crippen molar-refractivity contribution in [3.8, 4) is 0 Å². The molecule has 0 aromatic carbocycles. The fraction of sp³-hybridized carbons (Fsp3) is 0.778. The van der Waals surface area contributed by atoms with Crippen LogP contribution in [0.15, 0.2) is 12.2 Å². The molecule has 0 unspecified atom stereocenters. The Hall–Kier alpha value is -0.300. The first-order valence-corrected chi connectivity index (χ1v) is 4.19. The van der Waals surface area contributed by atoms with E-state index in [0.717, 1.165) is 0 Å². The first-order valence-electron chi connectivity index (χ1n) is 4.19. The predicted octanol–water partition coefficient (Wildman–Crippen LogP) is 2.09. The molecule has 58 valence electrons. The van der Waals surface area contributed by atoms with Crippen molar-refractivity contribution in [3.05, 3.63) is 12.2 Å². The topological polar surface area (TPSA) is 12.0 Å². The van der Waals surface area contributed by atoms with E-state index in [1.807, 2.05) is 7.05 Å². The van der Waals surface area contributed by atoms with Crippen LogP contribution in [0.2, 0.25) is 0 Å². The second-order valence-corrected chi connectivity index (χ2v) is 3.10. The summed E-state index contributed by atoms with van der Waals surface area (Å²) in [6.45, 7) is 2.21. The van der Waals surface area contributed by atoms with Gasteiger partial charge in [0.1, 0.15) is 0 Å². The molecule has 1 aliphatic carbocycles. The predicted molar refractivity (Wildman–Crippen MR) is 45.1 cm³/mol. The summed E-state index contributed by atoms with van der Waals surface area (Å²) in [7, 11) is 2.04. The third-order valence-electron chi connectivity index (χ3n) is 2.18. The Morgan fingerprint density at radius 3 is 2.60 bits per heavy atom. The van der Waals surface area contributed by atoms with E-state index >= 15 is 0 Å². The molecule has 0 radical (unpaired) electrons. The summed E-state index contributed by atoms with van der Waals surface area (Å²) in [5.74, 6) is 0. The van der Waals surface area contributed by atoms with Gasteiger partial charge in [0, 0.05) is 5.54 Å². The summed E-state index contributed by atoms with van der Waals surface area (Å²) >= 11 is 0.